The maximum Gasteiger partial charge on any atom is 0.494 e. The molecule has 7 heteroatoms. The summed E-state index contributed by atoms with van der Waals surface area (Å²) in [5.74, 6) is -0.565. The lowest BCUT2D eigenvalue weighted by molar-refractivity contribution is 0.00578. The molecule has 0 spiro atoms. The van der Waals surface area contributed by atoms with Crippen LogP contribution in [0, 0.1) is 11.6 Å². The molecule has 1 saturated heterocycles. The molecule has 144 valence electrons. The summed E-state index contributed by atoms with van der Waals surface area (Å²) >= 11 is 0. The third-order valence-corrected chi connectivity index (χ3v) is 4.86. The Morgan fingerprint density at radius 3 is 1.78 bits per heavy atom. The molecule has 27 heavy (non-hydrogen) atoms. The van der Waals surface area contributed by atoms with Crippen molar-refractivity contribution in [2.24, 2.45) is 0 Å². The highest BCUT2D eigenvalue weighted by Gasteiger charge is 2.51. The second kappa shape index (κ2) is 7.48. The van der Waals surface area contributed by atoms with Crippen LogP contribution < -0.4 is 14.9 Å². The fourth-order valence-electron chi connectivity index (χ4n) is 2.63. The van der Waals surface area contributed by atoms with Crippen molar-refractivity contribution >= 4 is 12.6 Å². The third-order valence-electron chi connectivity index (χ3n) is 4.86. The fraction of sp³-hybridized carbons (Fsp3) is 0.400. The summed E-state index contributed by atoms with van der Waals surface area (Å²) in [5.41, 5.74) is 0.133. The Bertz CT molecular complexity index is 757. The van der Waals surface area contributed by atoms with Crippen molar-refractivity contribution in [2.45, 2.75) is 38.9 Å². The molecule has 0 amide bonds. The molecule has 0 radical (unpaired) electrons. The molecule has 0 aromatic heterocycles. The van der Waals surface area contributed by atoms with Gasteiger partial charge in [0.15, 0.2) is 0 Å². The smallest absolute Gasteiger partial charge is 0.490 e. The van der Waals surface area contributed by atoms with E-state index in [2.05, 4.69) is 0 Å². The van der Waals surface area contributed by atoms with Crippen molar-refractivity contribution in [3.05, 3.63) is 54.1 Å². The topological polar surface area (TPSA) is 36.9 Å². The average Bonchev–Trinajstić information content (AvgIpc) is 2.79. The molecule has 0 N–H and O–H groups in total. The molecule has 0 atom stereocenters. The predicted octanol–water partition coefficient (Wildman–Crippen LogP) is 3.72. The maximum atomic E-state index is 13.1. The molecule has 2 aromatic rings. The standard InChI is InChI=1S/C20H23BF2O4/c1-19(2)20(3,4)27-21(26-19)14-5-7-17(8-6-14)24-9-10-25-18-12-15(22)11-16(23)13-18/h5-8,11-13H,9-10H2,1-4H3. The summed E-state index contributed by atoms with van der Waals surface area (Å²) < 4.78 is 49.1. The van der Waals surface area contributed by atoms with Gasteiger partial charge in [-0.1, -0.05) is 12.1 Å². The lowest BCUT2D eigenvalue weighted by atomic mass is 9.79. The largest absolute Gasteiger partial charge is 0.494 e. The quantitative estimate of drug-likeness (QED) is 0.569. The molecule has 0 aliphatic carbocycles. The summed E-state index contributed by atoms with van der Waals surface area (Å²) in [6.45, 7) is 8.45. The maximum absolute atomic E-state index is 13.1. The molecule has 3 rings (SSSR count). The van der Waals surface area contributed by atoms with Crippen LogP contribution >= 0.6 is 0 Å². The zero-order chi connectivity index (χ0) is 19.7. The predicted molar refractivity (Wildman–Crippen MR) is 99.5 cm³/mol. The number of ether oxygens (including phenoxy) is 2. The van der Waals surface area contributed by atoms with E-state index in [1.54, 1.807) is 0 Å². The zero-order valence-corrected chi connectivity index (χ0v) is 15.9. The van der Waals surface area contributed by atoms with Gasteiger partial charge in [0.1, 0.15) is 36.3 Å². The van der Waals surface area contributed by atoms with Crippen molar-refractivity contribution in [1.29, 1.82) is 0 Å². The van der Waals surface area contributed by atoms with Gasteiger partial charge in [-0.25, -0.2) is 8.78 Å². The second-order valence-corrected chi connectivity index (χ2v) is 7.46. The van der Waals surface area contributed by atoms with Gasteiger partial charge in [0.05, 0.1) is 11.2 Å². The first-order valence-electron chi connectivity index (χ1n) is 8.84. The van der Waals surface area contributed by atoms with Gasteiger partial charge >= 0.3 is 7.12 Å². The number of rotatable bonds is 6. The number of benzene rings is 2. The average molecular weight is 376 g/mol. The van der Waals surface area contributed by atoms with Gasteiger partial charge in [0, 0.05) is 18.2 Å². The Hall–Kier alpha value is -2.12. The molecular weight excluding hydrogens is 353 g/mol. The van der Waals surface area contributed by atoms with Crippen LogP contribution in [0.3, 0.4) is 0 Å². The Morgan fingerprint density at radius 2 is 1.26 bits per heavy atom. The van der Waals surface area contributed by atoms with Crippen molar-refractivity contribution < 1.29 is 27.6 Å². The van der Waals surface area contributed by atoms with E-state index >= 15 is 0 Å². The lowest BCUT2D eigenvalue weighted by Gasteiger charge is -2.32. The number of hydrogen-bond donors (Lipinski definition) is 0. The molecular formula is C20H23BF2O4. The first-order valence-corrected chi connectivity index (χ1v) is 8.84. The SMILES string of the molecule is CC1(C)OB(c2ccc(OCCOc3cc(F)cc(F)c3)cc2)OC1(C)C. The molecule has 0 bridgehead atoms. The first kappa shape index (κ1) is 19.6. The van der Waals surface area contributed by atoms with Gasteiger partial charge in [0.25, 0.3) is 0 Å². The fourth-order valence-corrected chi connectivity index (χ4v) is 2.63. The van der Waals surface area contributed by atoms with E-state index < -0.39 is 18.8 Å². The Balaban J connectivity index is 1.50. The normalized spacial score (nSPS) is 17.8. The van der Waals surface area contributed by atoms with E-state index in [4.69, 9.17) is 18.8 Å². The van der Waals surface area contributed by atoms with E-state index in [9.17, 15) is 8.78 Å². The highest BCUT2D eigenvalue weighted by molar-refractivity contribution is 6.62. The van der Waals surface area contributed by atoms with Crippen LogP contribution in [0.25, 0.3) is 0 Å². The molecule has 1 heterocycles. The van der Waals surface area contributed by atoms with Crippen LogP contribution in [-0.4, -0.2) is 31.5 Å². The highest BCUT2D eigenvalue weighted by Crippen LogP contribution is 2.36. The zero-order valence-electron chi connectivity index (χ0n) is 15.9. The summed E-state index contributed by atoms with van der Waals surface area (Å²) in [5, 5.41) is 0. The molecule has 1 aliphatic rings. The highest BCUT2D eigenvalue weighted by atomic mass is 19.1. The van der Waals surface area contributed by atoms with Gasteiger partial charge in [0.2, 0.25) is 0 Å². The van der Waals surface area contributed by atoms with Gasteiger partial charge in [-0.2, -0.15) is 0 Å². The van der Waals surface area contributed by atoms with Gasteiger partial charge in [-0.15, -0.1) is 0 Å². The van der Waals surface area contributed by atoms with E-state index in [1.165, 1.54) is 0 Å². The van der Waals surface area contributed by atoms with E-state index in [0.29, 0.717) is 5.75 Å². The summed E-state index contributed by atoms with van der Waals surface area (Å²) in [7, 11) is -0.421. The summed E-state index contributed by atoms with van der Waals surface area (Å²) in [6, 6.07) is 10.5. The van der Waals surface area contributed by atoms with Gasteiger partial charge < -0.3 is 18.8 Å². The van der Waals surface area contributed by atoms with Crippen LogP contribution in [0.1, 0.15) is 27.7 Å². The van der Waals surface area contributed by atoms with Crippen molar-refractivity contribution in [3.63, 3.8) is 0 Å². The minimum absolute atomic E-state index is 0.132. The van der Waals surface area contributed by atoms with E-state index in [-0.39, 0.29) is 30.2 Å². The van der Waals surface area contributed by atoms with Gasteiger partial charge in [-0.05, 0) is 45.3 Å². The van der Waals surface area contributed by atoms with E-state index in [1.807, 2.05) is 52.0 Å². The van der Waals surface area contributed by atoms with Crippen molar-refractivity contribution in [3.8, 4) is 11.5 Å². The van der Waals surface area contributed by atoms with Crippen LogP contribution in [0.5, 0.6) is 11.5 Å². The minimum Gasteiger partial charge on any atom is -0.490 e. The Labute approximate surface area is 158 Å². The summed E-state index contributed by atoms with van der Waals surface area (Å²) in [6.07, 6.45) is 0. The van der Waals surface area contributed by atoms with Crippen molar-refractivity contribution in [2.75, 3.05) is 13.2 Å². The third kappa shape index (κ3) is 4.60. The molecule has 2 aromatic carbocycles. The monoisotopic (exact) mass is 376 g/mol. The first-order chi connectivity index (χ1) is 12.7. The van der Waals surface area contributed by atoms with Crippen LogP contribution in [-0.2, 0) is 9.31 Å². The summed E-state index contributed by atoms with van der Waals surface area (Å²) in [4.78, 5) is 0. The Morgan fingerprint density at radius 1 is 0.778 bits per heavy atom. The minimum atomic E-state index is -0.677. The molecule has 0 unspecified atom stereocenters. The lowest BCUT2D eigenvalue weighted by Crippen LogP contribution is -2.41. The number of hydrogen-bond acceptors (Lipinski definition) is 4. The molecule has 1 aliphatic heterocycles. The molecule has 0 saturated carbocycles. The van der Waals surface area contributed by atoms with Gasteiger partial charge in [-0.3, -0.25) is 0 Å². The molecule has 4 nitrogen and oxygen atoms in total. The van der Waals surface area contributed by atoms with Crippen LogP contribution in [0.4, 0.5) is 8.78 Å². The van der Waals surface area contributed by atoms with Crippen molar-refractivity contribution in [1.82, 2.24) is 0 Å². The van der Waals surface area contributed by atoms with E-state index in [0.717, 1.165) is 23.7 Å². The number of halogens is 2. The second-order valence-electron chi connectivity index (χ2n) is 7.46. The van der Waals surface area contributed by atoms with Crippen LogP contribution in [0.15, 0.2) is 42.5 Å². The van der Waals surface area contributed by atoms with Crippen LogP contribution in [0.2, 0.25) is 0 Å². The molecule has 1 fully saturated rings. The Kier molecular flexibility index (Phi) is 5.44.